The summed E-state index contributed by atoms with van der Waals surface area (Å²) >= 11 is 5.93. The van der Waals surface area contributed by atoms with Crippen molar-refractivity contribution in [2.45, 2.75) is 24.8 Å². The van der Waals surface area contributed by atoms with Gasteiger partial charge in [0.25, 0.3) is 0 Å². The largest absolute Gasteiger partial charge is 0.348 e. The average Bonchev–Trinajstić information content (AvgIpc) is 3.29. The highest BCUT2D eigenvalue weighted by Crippen LogP contribution is 2.48. The molecule has 23 heavy (non-hydrogen) atoms. The number of pyridine rings is 1. The molecule has 2 heterocycles. The van der Waals surface area contributed by atoms with Gasteiger partial charge in [-0.2, -0.15) is 0 Å². The van der Waals surface area contributed by atoms with Gasteiger partial charge in [0.05, 0.1) is 12.0 Å². The van der Waals surface area contributed by atoms with Crippen molar-refractivity contribution >= 4 is 23.2 Å². The number of benzene rings is 1. The summed E-state index contributed by atoms with van der Waals surface area (Å²) in [5.41, 5.74) is 1.38. The molecule has 1 saturated carbocycles. The van der Waals surface area contributed by atoms with Crippen molar-refractivity contribution < 1.29 is 4.79 Å². The van der Waals surface area contributed by atoms with Gasteiger partial charge in [0.1, 0.15) is 0 Å². The van der Waals surface area contributed by atoms with Gasteiger partial charge in [0.15, 0.2) is 11.5 Å². The molecule has 0 atom stereocenters. The molecular formula is C17H15ClN4O. The van der Waals surface area contributed by atoms with Crippen molar-refractivity contribution in [1.29, 1.82) is 0 Å². The van der Waals surface area contributed by atoms with Crippen LogP contribution in [0.3, 0.4) is 0 Å². The Kier molecular flexibility index (Phi) is 3.31. The summed E-state index contributed by atoms with van der Waals surface area (Å²) in [4.78, 5) is 12.6. The third kappa shape index (κ3) is 2.47. The molecule has 6 heteroatoms. The quantitative estimate of drug-likeness (QED) is 0.802. The van der Waals surface area contributed by atoms with Gasteiger partial charge in [-0.15, -0.1) is 10.2 Å². The Hall–Kier alpha value is -2.40. The molecule has 1 aliphatic carbocycles. The van der Waals surface area contributed by atoms with Crippen molar-refractivity contribution in [2.24, 2.45) is 0 Å². The second-order valence-corrected chi connectivity index (χ2v) is 6.25. The molecule has 1 fully saturated rings. The number of aromatic nitrogens is 3. The second-order valence-electron chi connectivity index (χ2n) is 5.82. The van der Waals surface area contributed by atoms with Crippen LogP contribution in [0.2, 0.25) is 5.02 Å². The minimum atomic E-state index is -0.412. The Balaban J connectivity index is 1.51. The fourth-order valence-corrected chi connectivity index (χ4v) is 3.01. The summed E-state index contributed by atoms with van der Waals surface area (Å²) in [5.74, 6) is 0.758. The molecule has 0 radical (unpaired) electrons. The van der Waals surface area contributed by atoms with E-state index < -0.39 is 5.41 Å². The number of fused-ring (bicyclic) bond motifs is 1. The molecule has 4 rings (SSSR count). The van der Waals surface area contributed by atoms with Crippen LogP contribution in [0.15, 0.2) is 48.7 Å². The van der Waals surface area contributed by atoms with E-state index in [4.69, 9.17) is 11.6 Å². The minimum Gasteiger partial charge on any atom is -0.348 e. The van der Waals surface area contributed by atoms with E-state index in [-0.39, 0.29) is 5.91 Å². The van der Waals surface area contributed by atoms with Gasteiger partial charge in [0, 0.05) is 11.2 Å². The van der Waals surface area contributed by atoms with Gasteiger partial charge in [-0.05, 0) is 42.7 Å². The van der Waals surface area contributed by atoms with Crippen LogP contribution in [0.4, 0.5) is 0 Å². The lowest BCUT2D eigenvalue weighted by Gasteiger charge is -2.15. The van der Waals surface area contributed by atoms with Gasteiger partial charge in [-0.25, -0.2) is 0 Å². The van der Waals surface area contributed by atoms with Crippen LogP contribution in [0.1, 0.15) is 24.2 Å². The normalized spacial score (nSPS) is 15.5. The van der Waals surface area contributed by atoms with E-state index in [1.165, 1.54) is 0 Å². The fraction of sp³-hybridized carbons (Fsp3) is 0.235. The van der Waals surface area contributed by atoms with E-state index in [0.29, 0.717) is 11.6 Å². The fourth-order valence-electron chi connectivity index (χ4n) is 2.88. The number of hydrogen-bond donors (Lipinski definition) is 1. The van der Waals surface area contributed by atoms with Gasteiger partial charge in [0.2, 0.25) is 5.91 Å². The van der Waals surface area contributed by atoms with E-state index in [0.717, 1.165) is 29.9 Å². The number of amides is 1. The molecule has 2 aromatic heterocycles. The molecule has 0 bridgehead atoms. The number of carbonyl (C=O) groups excluding carboxylic acids is 1. The molecule has 5 nitrogen and oxygen atoms in total. The van der Waals surface area contributed by atoms with Crippen LogP contribution in [0, 0.1) is 0 Å². The van der Waals surface area contributed by atoms with Crippen molar-refractivity contribution in [1.82, 2.24) is 19.9 Å². The molecule has 0 spiro atoms. The summed E-state index contributed by atoms with van der Waals surface area (Å²) in [7, 11) is 0. The van der Waals surface area contributed by atoms with Crippen LogP contribution >= 0.6 is 11.6 Å². The van der Waals surface area contributed by atoms with Gasteiger partial charge < -0.3 is 5.32 Å². The van der Waals surface area contributed by atoms with E-state index in [2.05, 4.69) is 15.5 Å². The Bertz CT molecular complexity index is 868. The molecule has 116 valence electrons. The van der Waals surface area contributed by atoms with Gasteiger partial charge in [-0.1, -0.05) is 29.8 Å². The first-order valence-electron chi connectivity index (χ1n) is 7.52. The maximum atomic E-state index is 12.6. The highest BCUT2D eigenvalue weighted by Gasteiger charge is 2.51. The molecule has 1 amide bonds. The first-order chi connectivity index (χ1) is 11.2. The number of nitrogens with zero attached hydrogens (tertiary/aromatic N) is 3. The summed E-state index contributed by atoms with van der Waals surface area (Å²) < 4.78 is 1.88. The Morgan fingerprint density at radius 1 is 1.17 bits per heavy atom. The predicted octanol–water partition coefficient (Wildman–Crippen LogP) is 2.73. The Labute approximate surface area is 138 Å². The standard InChI is InChI=1S/C17H15ClN4O/c18-13-6-4-12(5-7-13)17(8-9-17)16(23)19-11-15-21-20-14-3-1-2-10-22(14)15/h1-7,10H,8-9,11H2,(H,19,23). The topological polar surface area (TPSA) is 59.3 Å². The highest BCUT2D eigenvalue weighted by molar-refractivity contribution is 6.30. The number of halogens is 1. The number of rotatable bonds is 4. The number of nitrogens with one attached hydrogen (secondary N) is 1. The first kappa shape index (κ1) is 14.2. The maximum Gasteiger partial charge on any atom is 0.231 e. The SMILES string of the molecule is O=C(NCc1nnc2ccccn12)C1(c2ccc(Cl)cc2)CC1. The zero-order valence-corrected chi connectivity index (χ0v) is 13.1. The van der Waals surface area contributed by atoms with Crippen LogP contribution in [-0.2, 0) is 16.8 Å². The van der Waals surface area contributed by atoms with E-state index in [1.54, 1.807) is 0 Å². The lowest BCUT2D eigenvalue weighted by molar-refractivity contribution is -0.123. The average molecular weight is 327 g/mol. The van der Waals surface area contributed by atoms with Crippen molar-refractivity contribution in [3.8, 4) is 0 Å². The highest BCUT2D eigenvalue weighted by atomic mass is 35.5. The first-order valence-corrected chi connectivity index (χ1v) is 7.90. The molecule has 1 aromatic carbocycles. The number of carbonyl (C=O) groups is 1. The molecule has 0 unspecified atom stereocenters. The molecule has 3 aromatic rings. The summed E-state index contributed by atoms with van der Waals surface area (Å²) in [6, 6.07) is 13.2. The van der Waals surface area contributed by atoms with E-state index in [9.17, 15) is 4.79 Å². The predicted molar refractivity (Wildman–Crippen MR) is 87.2 cm³/mol. The Morgan fingerprint density at radius 2 is 1.96 bits per heavy atom. The molecule has 1 N–H and O–H groups in total. The lowest BCUT2D eigenvalue weighted by atomic mass is 9.95. The molecule has 0 aliphatic heterocycles. The van der Waals surface area contributed by atoms with Crippen molar-refractivity contribution in [3.63, 3.8) is 0 Å². The van der Waals surface area contributed by atoms with E-state index in [1.807, 2.05) is 53.1 Å². The van der Waals surface area contributed by atoms with Crippen LogP contribution in [-0.4, -0.2) is 20.5 Å². The van der Waals surface area contributed by atoms with Crippen molar-refractivity contribution in [3.05, 3.63) is 65.1 Å². The summed E-state index contributed by atoms with van der Waals surface area (Å²) in [6.07, 6.45) is 3.62. The Morgan fingerprint density at radius 3 is 2.70 bits per heavy atom. The smallest absolute Gasteiger partial charge is 0.231 e. The third-order valence-electron chi connectivity index (χ3n) is 4.37. The molecule has 0 saturated heterocycles. The minimum absolute atomic E-state index is 0.0347. The summed E-state index contributed by atoms with van der Waals surface area (Å²) in [6.45, 7) is 0.360. The van der Waals surface area contributed by atoms with Gasteiger partial charge >= 0.3 is 0 Å². The van der Waals surface area contributed by atoms with E-state index >= 15 is 0 Å². The molecular weight excluding hydrogens is 312 g/mol. The van der Waals surface area contributed by atoms with Gasteiger partial charge in [-0.3, -0.25) is 9.20 Å². The number of hydrogen-bond acceptors (Lipinski definition) is 3. The second kappa shape index (κ2) is 5.35. The summed E-state index contributed by atoms with van der Waals surface area (Å²) in [5, 5.41) is 11.9. The van der Waals surface area contributed by atoms with Crippen LogP contribution < -0.4 is 5.32 Å². The van der Waals surface area contributed by atoms with Crippen LogP contribution in [0.5, 0.6) is 0 Å². The molecule has 1 aliphatic rings. The third-order valence-corrected chi connectivity index (χ3v) is 4.62. The lowest BCUT2D eigenvalue weighted by Crippen LogP contribution is -2.34. The maximum absolute atomic E-state index is 12.6. The monoisotopic (exact) mass is 326 g/mol. The van der Waals surface area contributed by atoms with Crippen molar-refractivity contribution in [2.75, 3.05) is 0 Å². The zero-order valence-electron chi connectivity index (χ0n) is 12.4. The zero-order chi connectivity index (χ0) is 15.9. The van der Waals surface area contributed by atoms with Crippen LogP contribution in [0.25, 0.3) is 5.65 Å².